The van der Waals surface area contributed by atoms with Gasteiger partial charge in [-0.1, -0.05) is 53.0 Å². The molecule has 1 N–H and O–H groups in total. The number of nitrogens with zero attached hydrogens (tertiary/aromatic N) is 6. The number of hydrogen-bond acceptors (Lipinski definition) is 10. The van der Waals surface area contributed by atoms with Crippen LogP contribution in [0.1, 0.15) is 39.3 Å². The lowest BCUT2D eigenvalue weighted by molar-refractivity contribution is 0.0710. The van der Waals surface area contributed by atoms with Gasteiger partial charge >= 0.3 is 5.97 Å². The fourth-order valence-electron chi connectivity index (χ4n) is 6.78. The second-order valence-corrected chi connectivity index (χ2v) is 14.8. The SMILES string of the molecule is O=C(Oc1c(F)c(F)c(F)c(F)c1F)c1cc2c3c(ccc2[nH]1)N(C(=O)c1ccc2nc(N=Nc4sc(N5CCCC5)nc4-c4ccccc4)sc2c1)CC3. The van der Waals surface area contributed by atoms with Gasteiger partial charge in [0, 0.05) is 47.4 Å². The largest absolute Gasteiger partial charge is 0.415 e. The van der Waals surface area contributed by atoms with E-state index in [2.05, 4.69) is 29.8 Å². The molecule has 0 bridgehead atoms. The molecule has 0 spiro atoms. The van der Waals surface area contributed by atoms with Crippen LogP contribution in [0.3, 0.4) is 0 Å². The molecule has 9 rings (SSSR count). The van der Waals surface area contributed by atoms with E-state index in [1.807, 2.05) is 30.3 Å². The molecule has 0 aliphatic carbocycles. The van der Waals surface area contributed by atoms with Crippen LogP contribution in [0.15, 0.2) is 77.0 Å². The van der Waals surface area contributed by atoms with Gasteiger partial charge in [0.1, 0.15) is 11.4 Å². The number of H-pyrrole nitrogens is 1. The van der Waals surface area contributed by atoms with Gasteiger partial charge in [-0.2, -0.15) is 8.78 Å². The predicted molar refractivity (Wildman–Crippen MR) is 198 cm³/mol. The molecule has 10 nitrogen and oxygen atoms in total. The van der Waals surface area contributed by atoms with Gasteiger partial charge in [-0.15, -0.1) is 10.2 Å². The van der Waals surface area contributed by atoms with Gasteiger partial charge in [-0.3, -0.25) is 4.79 Å². The fraction of sp³-hybridized carbons (Fsp3) is 0.158. The van der Waals surface area contributed by atoms with Crippen LogP contribution < -0.4 is 14.5 Å². The van der Waals surface area contributed by atoms with Crippen LogP contribution in [0, 0.1) is 29.1 Å². The van der Waals surface area contributed by atoms with Crippen LogP contribution in [0.25, 0.3) is 32.4 Å². The summed E-state index contributed by atoms with van der Waals surface area (Å²) < 4.78 is 74.5. The number of azo groups is 1. The lowest BCUT2D eigenvalue weighted by Gasteiger charge is -2.17. The number of fused-ring (bicyclic) bond motifs is 4. The molecule has 0 unspecified atom stereocenters. The van der Waals surface area contributed by atoms with Gasteiger partial charge in [0.25, 0.3) is 5.91 Å². The molecule has 2 aliphatic heterocycles. The first kappa shape index (κ1) is 34.7. The average molecular weight is 786 g/mol. The third-order valence-electron chi connectivity index (χ3n) is 9.47. The highest BCUT2D eigenvalue weighted by Gasteiger charge is 2.31. The van der Waals surface area contributed by atoms with Gasteiger partial charge in [0.2, 0.25) is 40.0 Å². The van der Waals surface area contributed by atoms with E-state index in [1.165, 1.54) is 28.7 Å². The molecular weight excluding hydrogens is 762 g/mol. The number of rotatable bonds is 7. The number of aromatic amines is 1. The Labute approximate surface area is 315 Å². The first-order valence-electron chi connectivity index (χ1n) is 17.0. The highest BCUT2D eigenvalue weighted by Crippen LogP contribution is 2.42. The molecule has 0 atom stereocenters. The number of carbonyl (C=O) groups excluding carboxylic acids is 2. The molecule has 1 saturated heterocycles. The van der Waals surface area contributed by atoms with Crippen LogP contribution in [-0.2, 0) is 6.42 Å². The van der Waals surface area contributed by atoms with E-state index in [0.717, 1.165) is 47.0 Å². The summed E-state index contributed by atoms with van der Waals surface area (Å²) >= 11 is 2.79. The Morgan fingerprint density at radius 2 is 1.55 bits per heavy atom. The van der Waals surface area contributed by atoms with Crippen molar-refractivity contribution in [3.8, 4) is 17.0 Å². The number of ether oxygens (including phenoxy) is 1. The number of thiazole rings is 2. The van der Waals surface area contributed by atoms with Gasteiger partial charge in [-0.25, -0.2) is 27.9 Å². The lowest BCUT2D eigenvalue weighted by atomic mass is 10.1. The molecule has 0 radical (unpaired) electrons. The Kier molecular flexibility index (Phi) is 8.61. The standard InChI is InChI=1S/C38H24F5N7O3S2/c39-27-28(40)30(42)33(31(43)29(27)41)53-36(52)24-17-21-20-12-15-50(25(20)11-10-22(21)44-24)35(51)19-8-9-23-26(16-19)54-37(45-23)48-47-34-32(18-6-2-1-3-7-18)46-38(55-34)49-13-4-5-14-49/h1-3,6-11,16-17,44H,4-5,12-15H2. The van der Waals surface area contributed by atoms with Crippen molar-refractivity contribution < 1.29 is 36.3 Å². The number of carbonyl (C=O) groups is 2. The van der Waals surface area contributed by atoms with E-state index >= 15 is 0 Å². The van der Waals surface area contributed by atoms with Gasteiger partial charge in [0.05, 0.1) is 10.2 Å². The summed E-state index contributed by atoms with van der Waals surface area (Å²) in [7, 11) is 0. The predicted octanol–water partition coefficient (Wildman–Crippen LogP) is 10.0. The third-order valence-corrected chi connectivity index (χ3v) is 11.4. The number of aromatic nitrogens is 3. The maximum absolute atomic E-state index is 14.2. The van der Waals surface area contributed by atoms with Crippen molar-refractivity contribution in [3.63, 3.8) is 0 Å². The molecule has 276 valence electrons. The smallest absolute Gasteiger partial charge is 0.360 e. The second-order valence-electron chi connectivity index (χ2n) is 12.8. The maximum atomic E-state index is 14.2. The molecule has 7 aromatic rings. The number of halogens is 5. The Morgan fingerprint density at radius 3 is 2.31 bits per heavy atom. The second kappa shape index (κ2) is 13.7. The van der Waals surface area contributed by atoms with Gasteiger partial charge in [0.15, 0.2) is 10.1 Å². The normalized spacial score (nSPS) is 14.2. The Hall–Kier alpha value is -6.07. The minimum atomic E-state index is -2.37. The monoisotopic (exact) mass is 785 g/mol. The van der Waals surface area contributed by atoms with Crippen LogP contribution >= 0.6 is 22.7 Å². The zero-order valence-corrected chi connectivity index (χ0v) is 29.8. The summed E-state index contributed by atoms with van der Waals surface area (Å²) in [5, 5.41) is 11.6. The number of nitrogens with one attached hydrogen (secondary N) is 1. The fourth-order valence-corrected chi connectivity index (χ4v) is 8.57. The Bertz CT molecular complexity index is 2700. The summed E-state index contributed by atoms with van der Waals surface area (Å²) in [5.74, 6) is -14.7. The zero-order chi connectivity index (χ0) is 38.0. The van der Waals surface area contributed by atoms with Crippen molar-refractivity contribution >= 4 is 76.6 Å². The molecule has 2 aliphatic rings. The van der Waals surface area contributed by atoms with E-state index in [4.69, 9.17) is 4.98 Å². The third kappa shape index (κ3) is 6.08. The Morgan fingerprint density at radius 1 is 0.800 bits per heavy atom. The quantitative estimate of drug-likeness (QED) is 0.0430. The van der Waals surface area contributed by atoms with E-state index in [1.54, 1.807) is 35.2 Å². The Balaban J connectivity index is 0.953. The van der Waals surface area contributed by atoms with E-state index in [0.29, 0.717) is 56.3 Å². The van der Waals surface area contributed by atoms with Crippen molar-refractivity contribution in [2.45, 2.75) is 19.3 Å². The summed E-state index contributed by atoms with van der Waals surface area (Å²) in [4.78, 5) is 42.8. The van der Waals surface area contributed by atoms with Crippen molar-refractivity contribution in [1.82, 2.24) is 15.0 Å². The molecule has 55 heavy (non-hydrogen) atoms. The summed E-state index contributed by atoms with van der Waals surface area (Å²) in [6.07, 6.45) is 2.66. The molecule has 5 heterocycles. The molecule has 0 saturated carbocycles. The van der Waals surface area contributed by atoms with Crippen molar-refractivity contribution in [3.05, 3.63) is 113 Å². The van der Waals surface area contributed by atoms with E-state index < -0.39 is 40.8 Å². The van der Waals surface area contributed by atoms with Crippen molar-refractivity contribution in [1.29, 1.82) is 0 Å². The van der Waals surface area contributed by atoms with Crippen molar-refractivity contribution in [2.24, 2.45) is 10.2 Å². The highest BCUT2D eigenvalue weighted by molar-refractivity contribution is 7.22. The number of amides is 1. The highest BCUT2D eigenvalue weighted by atomic mass is 32.1. The van der Waals surface area contributed by atoms with Crippen LogP contribution in [0.4, 0.5) is 42.9 Å². The maximum Gasteiger partial charge on any atom is 0.360 e. The minimum absolute atomic E-state index is 0.273. The first-order chi connectivity index (χ1) is 26.6. The molecule has 3 aromatic heterocycles. The lowest BCUT2D eigenvalue weighted by Crippen LogP contribution is -2.28. The van der Waals surface area contributed by atoms with Crippen LogP contribution in [-0.4, -0.2) is 46.5 Å². The summed E-state index contributed by atoms with van der Waals surface area (Å²) in [5.41, 5.74) is 4.21. The molecular formula is C38H24F5N7O3S2. The zero-order valence-electron chi connectivity index (χ0n) is 28.2. The number of benzene rings is 4. The topological polar surface area (TPSA) is 116 Å². The van der Waals surface area contributed by atoms with Crippen LogP contribution in [0.2, 0.25) is 0 Å². The van der Waals surface area contributed by atoms with E-state index in [9.17, 15) is 31.5 Å². The molecule has 1 fully saturated rings. The number of esters is 1. The first-order valence-corrected chi connectivity index (χ1v) is 18.6. The van der Waals surface area contributed by atoms with Gasteiger partial charge in [-0.05, 0) is 61.2 Å². The van der Waals surface area contributed by atoms with Crippen LogP contribution in [0.5, 0.6) is 5.75 Å². The number of hydrogen-bond donors (Lipinski definition) is 1. The molecule has 1 amide bonds. The number of anilines is 2. The van der Waals surface area contributed by atoms with Crippen molar-refractivity contribution in [2.75, 3.05) is 29.4 Å². The summed E-state index contributed by atoms with van der Waals surface area (Å²) in [6, 6.07) is 19.7. The molecule has 17 heteroatoms. The average Bonchev–Trinajstić information content (AvgIpc) is 4.05. The minimum Gasteiger partial charge on any atom is -0.415 e. The van der Waals surface area contributed by atoms with E-state index in [-0.39, 0.29) is 11.6 Å². The summed E-state index contributed by atoms with van der Waals surface area (Å²) in [6.45, 7) is 2.23. The van der Waals surface area contributed by atoms with Gasteiger partial charge < -0.3 is 19.5 Å². The molecule has 4 aromatic carbocycles.